The van der Waals surface area contributed by atoms with Gasteiger partial charge in [-0.25, -0.2) is 8.42 Å². The standard InChI is InChI=1S/C16H16O2S3/c1-21(17,18)14-8-6-13(7-9-14)19-10-12-11-20-16-5-3-2-4-15(12)16/h2-9,12H,10-11H2,1H3. The summed E-state index contributed by atoms with van der Waals surface area (Å²) in [4.78, 5) is 2.90. The van der Waals surface area contributed by atoms with E-state index < -0.39 is 9.84 Å². The van der Waals surface area contributed by atoms with Crippen LogP contribution in [0.5, 0.6) is 0 Å². The number of sulfone groups is 1. The second kappa shape index (κ2) is 6.07. The highest BCUT2D eigenvalue weighted by Crippen LogP contribution is 2.41. The van der Waals surface area contributed by atoms with Crippen LogP contribution in [0.2, 0.25) is 0 Å². The Labute approximate surface area is 134 Å². The molecule has 1 aliphatic heterocycles. The first kappa shape index (κ1) is 15.0. The maximum absolute atomic E-state index is 11.4. The maximum Gasteiger partial charge on any atom is 0.175 e. The monoisotopic (exact) mass is 336 g/mol. The molecule has 1 aliphatic rings. The maximum atomic E-state index is 11.4. The molecule has 1 unspecified atom stereocenters. The first-order valence-corrected chi connectivity index (χ1v) is 10.5. The van der Waals surface area contributed by atoms with Gasteiger partial charge in [-0.3, -0.25) is 0 Å². The van der Waals surface area contributed by atoms with Gasteiger partial charge >= 0.3 is 0 Å². The molecule has 1 heterocycles. The van der Waals surface area contributed by atoms with Crippen molar-refractivity contribution in [1.29, 1.82) is 0 Å². The Morgan fingerprint density at radius 2 is 1.86 bits per heavy atom. The fraction of sp³-hybridized carbons (Fsp3) is 0.250. The zero-order chi connectivity index (χ0) is 14.9. The molecule has 0 aromatic heterocycles. The lowest BCUT2D eigenvalue weighted by molar-refractivity contribution is 0.602. The van der Waals surface area contributed by atoms with Gasteiger partial charge in [-0.05, 0) is 35.9 Å². The van der Waals surface area contributed by atoms with E-state index in [1.54, 1.807) is 23.9 Å². The summed E-state index contributed by atoms with van der Waals surface area (Å²) in [5, 5.41) is 0. The number of benzene rings is 2. The fourth-order valence-corrected chi connectivity index (χ4v) is 5.40. The summed E-state index contributed by atoms with van der Waals surface area (Å²) in [6.45, 7) is 0. The van der Waals surface area contributed by atoms with Crippen molar-refractivity contribution in [2.45, 2.75) is 20.6 Å². The number of fused-ring (bicyclic) bond motifs is 1. The molecule has 0 saturated heterocycles. The lowest BCUT2D eigenvalue weighted by Crippen LogP contribution is -2.00. The molecule has 0 radical (unpaired) electrons. The van der Waals surface area contributed by atoms with Gasteiger partial charge in [0.15, 0.2) is 9.84 Å². The van der Waals surface area contributed by atoms with Gasteiger partial charge < -0.3 is 0 Å². The lowest BCUT2D eigenvalue weighted by atomic mass is 10.0. The van der Waals surface area contributed by atoms with Crippen molar-refractivity contribution in [3.8, 4) is 0 Å². The van der Waals surface area contributed by atoms with Crippen LogP contribution in [0.4, 0.5) is 0 Å². The molecule has 0 aliphatic carbocycles. The summed E-state index contributed by atoms with van der Waals surface area (Å²) in [7, 11) is -3.10. The smallest absolute Gasteiger partial charge is 0.175 e. The molecule has 5 heteroatoms. The van der Waals surface area contributed by atoms with Gasteiger partial charge in [0.1, 0.15) is 0 Å². The zero-order valence-corrected chi connectivity index (χ0v) is 14.1. The van der Waals surface area contributed by atoms with E-state index in [0.29, 0.717) is 10.8 Å². The molecule has 2 aromatic carbocycles. The Morgan fingerprint density at radius 3 is 2.57 bits per heavy atom. The Morgan fingerprint density at radius 1 is 1.14 bits per heavy atom. The van der Waals surface area contributed by atoms with Crippen molar-refractivity contribution in [2.75, 3.05) is 17.8 Å². The minimum absolute atomic E-state index is 0.383. The first-order chi connectivity index (χ1) is 10.0. The molecular formula is C16H16O2S3. The van der Waals surface area contributed by atoms with Crippen molar-refractivity contribution in [2.24, 2.45) is 0 Å². The summed E-state index contributed by atoms with van der Waals surface area (Å²) in [5.41, 5.74) is 1.45. The topological polar surface area (TPSA) is 34.1 Å². The predicted molar refractivity (Wildman–Crippen MR) is 90.2 cm³/mol. The van der Waals surface area contributed by atoms with Crippen molar-refractivity contribution >= 4 is 33.4 Å². The summed E-state index contributed by atoms with van der Waals surface area (Å²) >= 11 is 3.72. The van der Waals surface area contributed by atoms with Crippen LogP contribution in [0.25, 0.3) is 0 Å². The first-order valence-electron chi connectivity index (χ1n) is 6.69. The Bertz CT molecular complexity index is 736. The van der Waals surface area contributed by atoms with Crippen LogP contribution in [0, 0.1) is 0 Å². The summed E-state index contributed by atoms with van der Waals surface area (Å²) < 4.78 is 22.9. The third kappa shape index (κ3) is 3.47. The number of hydrogen-bond donors (Lipinski definition) is 0. The van der Waals surface area contributed by atoms with E-state index in [2.05, 4.69) is 24.3 Å². The highest BCUT2D eigenvalue weighted by Gasteiger charge is 2.22. The highest BCUT2D eigenvalue weighted by molar-refractivity contribution is 8.00. The largest absolute Gasteiger partial charge is 0.224 e. The van der Waals surface area contributed by atoms with E-state index in [4.69, 9.17) is 0 Å². The molecule has 0 saturated carbocycles. The second-order valence-electron chi connectivity index (χ2n) is 5.10. The van der Waals surface area contributed by atoms with Crippen LogP contribution in [-0.4, -0.2) is 26.2 Å². The van der Waals surface area contributed by atoms with Gasteiger partial charge in [0.05, 0.1) is 4.90 Å². The zero-order valence-electron chi connectivity index (χ0n) is 11.7. The average molecular weight is 337 g/mol. The minimum atomic E-state index is -3.10. The van der Waals surface area contributed by atoms with Crippen LogP contribution in [-0.2, 0) is 9.84 Å². The molecule has 0 bridgehead atoms. The van der Waals surface area contributed by atoms with Gasteiger partial charge in [0, 0.05) is 33.5 Å². The van der Waals surface area contributed by atoms with Crippen molar-refractivity contribution in [3.05, 3.63) is 54.1 Å². The van der Waals surface area contributed by atoms with Crippen molar-refractivity contribution in [1.82, 2.24) is 0 Å². The molecule has 2 aromatic rings. The van der Waals surface area contributed by atoms with Crippen LogP contribution >= 0.6 is 23.5 Å². The van der Waals surface area contributed by atoms with E-state index in [1.165, 1.54) is 16.7 Å². The average Bonchev–Trinajstić information content (AvgIpc) is 2.88. The third-order valence-electron chi connectivity index (χ3n) is 3.50. The molecule has 3 rings (SSSR count). The van der Waals surface area contributed by atoms with Gasteiger partial charge in [-0.1, -0.05) is 18.2 Å². The third-order valence-corrected chi connectivity index (χ3v) is 7.06. The predicted octanol–water partition coefficient (Wildman–Crippen LogP) is 4.07. The summed E-state index contributed by atoms with van der Waals surface area (Å²) in [5.74, 6) is 2.74. The molecule has 21 heavy (non-hydrogen) atoms. The number of hydrogen-bond acceptors (Lipinski definition) is 4. The lowest BCUT2D eigenvalue weighted by Gasteiger charge is -2.10. The van der Waals surface area contributed by atoms with E-state index in [0.717, 1.165) is 16.4 Å². The minimum Gasteiger partial charge on any atom is -0.224 e. The van der Waals surface area contributed by atoms with E-state index in [9.17, 15) is 8.42 Å². The SMILES string of the molecule is CS(=O)(=O)c1ccc(SCC2CSc3ccccc32)cc1. The van der Waals surface area contributed by atoms with Gasteiger partial charge in [-0.15, -0.1) is 23.5 Å². The van der Waals surface area contributed by atoms with E-state index >= 15 is 0 Å². The van der Waals surface area contributed by atoms with Gasteiger partial charge in [-0.2, -0.15) is 0 Å². The van der Waals surface area contributed by atoms with Gasteiger partial charge in [0.2, 0.25) is 0 Å². The van der Waals surface area contributed by atoms with Crippen LogP contribution in [0.3, 0.4) is 0 Å². The normalized spacial score (nSPS) is 17.7. The Hall–Kier alpha value is -0.910. The number of thioether (sulfide) groups is 2. The fourth-order valence-electron chi connectivity index (χ4n) is 2.35. The molecule has 0 amide bonds. The quantitative estimate of drug-likeness (QED) is 0.788. The summed E-state index contributed by atoms with van der Waals surface area (Å²) in [6, 6.07) is 15.8. The Balaban J connectivity index is 1.67. The van der Waals surface area contributed by atoms with E-state index in [1.807, 2.05) is 23.9 Å². The molecule has 0 N–H and O–H groups in total. The molecule has 2 nitrogen and oxygen atoms in total. The molecule has 0 fully saturated rings. The number of rotatable bonds is 4. The van der Waals surface area contributed by atoms with E-state index in [-0.39, 0.29) is 0 Å². The molecule has 0 spiro atoms. The van der Waals surface area contributed by atoms with Crippen molar-refractivity contribution in [3.63, 3.8) is 0 Å². The second-order valence-corrected chi connectivity index (χ2v) is 9.27. The summed E-state index contributed by atoms with van der Waals surface area (Å²) in [6.07, 6.45) is 1.24. The molecule has 1 atom stereocenters. The molecule has 110 valence electrons. The van der Waals surface area contributed by atoms with Crippen molar-refractivity contribution < 1.29 is 8.42 Å². The van der Waals surface area contributed by atoms with Crippen LogP contribution in [0.15, 0.2) is 63.2 Å². The van der Waals surface area contributed by atoms with Gasteiger partial charge in [0.25, 0.3) is 0 Å². The van der Waals surface area contributed by atoms with Crippen LogP contribution in [0.1, 0.15) is 11.5 Å². The van der Waals surface area contributed by atoms with Crippen LogP contribution < -0.4 is 0 Å². The highest BCUT2D eigenvalue weighted by atomic mass is 32.2. The Kier molecular flexibility index (Phi) is 4.33. The molecular weight excluding hydrogens is 320 g/mol.